The molecule has 2 aromatic rings. The van der Waals surface area contributed by atoms with Crippen LogP contribution < -0.4 is 0 Å². The molecule has 0 aliphatic carbocycles. The van der Waals surface area contributed by atoms with Crippen LogP contribution in [0.25, 0.3) is 10.8 Å². The van der Waals surface area contributed by atoms with Gasteiger partial charge in [0.25, 0.3) is 0 Å². The molecule has 0 radical (unpaired) electrons. The van der Waals surface area contributed by atoms with Crippen LogP contribution in [0.2, 0.25) is 0 Å². The zero-order chi connectivity index (χ0) is 12.1. The Bertz CT molecular complexity index is 463. The molecule has 2 aromatic carbocycles. The highest BCUT2D eigenvalue weighted by atomic mass is 16.3. The highest BCUT2D eigenvalue weighted by Crippen LogP contribution is 2.23. The molecule has 2 rings (SSSR count). The van der Waals surface area contributed by atoms with E-state index in [4.69, 9.17) is 10.2 Å². The molecule has 3 heteroatoms. The molecule has 0 aliphatic rings. The van der Waals surface area contributed by atoms with Gasteiger partial charge < -0.3 is 15.0 Å². The second-order valence-electron chi connectivity index (χ2n) is 3.62. The van der Waals surface area contributed by atoms with Crippen molar-refractivity contribution >= 4 is 16.6 Å². The molecule has 16 heavy (non-hydrogen) atoms. The van der Waals surface area contributed by atoms with E-state index in [9.17, 15) is 4.79 Å². The quantitative estimate of drug-likeness (QED) is 0.714. The van der Waals surface area contributed by atoms with Gasteiger partial charge in [-0.15, -0.1) is 0 Å². The summed E-state index contributed by atoms with van der Waals surface area (Å²) >= 11 is 0. The highest BCUT2D eigenvalue weighted by molar-refractivity contribution is 5.85. The van der Waals surface area contributed by atoms with Crippen molar-refractivity contribution in [2.75, 3.05) is 0 Å². The first kappa shape index (κ1) is 12.0. The normalized spacial score (nSPS) is 9.38. The summed E-state index contributed by atoms with van der Waals surface area (Å²) < 4.78 is 0. The first-order valence-corrected chi connectivity index (χ1v) is 4.88. The zero-order valence-electron chi connectivity index (χ0n) is 9.27. The molecule has 0 atom stereocenters. The van der Waals surface area contributed by atoms with E-state index in [0.29, 0.717) is 0 Å². The Morgan fingerprint density at radius 3 is 1.62 bits per heavy atom. The predicted molar refractivity (Wildman–Crippen MR) is 63.6 cm³/mol. The lowest BCUT2D eigenvalue weighted by atomic mass is 10.1. The predicted octanol–water partition coefficient (Wildman–Crippen LogP) is 2.85. The van der Waals surface area contributed by atoms with Gasteiger partial charge in [0.15, 0.2) is 0 Å². The minimum Gasteiger partial charge on any atom is -0.508 e. The van der Waals surface area contributed by atoms with Crippen molar-refractivity contribution in [2.24, 2.45) is 0 Å². The fourth-order valence-corrected chi connectivity index (χ4v) is 1.22. The Morgan fingerprint density at radius 2 is 1.25 bits per heavy atom. The molecule has 0 heterocycles. The van der Waals surface area contributed by atoms with Crippen LogP contribution in [-0.2, 0) is 4.79 Å². The van der Waals surface area contributed by atoms with Gasteiger partial charge in [-0.2, -0.15) is 0 Å². The van der Waals surface area contributed by atoms with Gasteiger partial charge in [-0.3, -0.25) is 0 Å². The van der Waals surface area contributed by atoms with Crippen LogP contribution in [0.4, 0.5) is 0 Å². The molecule has 0 bridgehead atoms. The maximum absolute atomic E-state index is 9.44. The number of aromatic hydroxyl groups is 2. The summed E-state index contributed by atoms with van der Waals surface area (Å²) in [7, 11) is 0. The van der Waals surface area contributed by atoms with E-state index >= 15 is 0 Å². The molecule has 0 aliphatic heterocycles. The molecule has 3 nitrogen and oxygen atoms in total. The molecule has 0 unspecified atom stereocenters. The number of phenolic OH excluding ortho intramolecular Hbond substituents is 2. The summed E-state index contributed by atoms with van der Waals surface area (Å²) in [4.78, 5) is 9.44. The Balaban J connectivity index is 0.000000280. The van der Waals surface area contributed by atoms with Crippen molar-refractivity contribution in [3.05, 3.63) is 36.4 Å². The molecule has 0 saturated carbocycles. The van der Waals surface area contributed by atoms with Crippen LogP contribution in [0.3, 0.4) is 0 Å². The van der Waals surface area contributed by atoms with Crippen LogP contribution in [0.15, 0.2) is 36.4 Å². The number of hydrogen-bond acceptors (Lipinski definition) is 3. The second kappa shape index (κ2) is 5.16. The number of fused-ring (bicyclic) bond motifs is 1. The number of benzene rings is 2. The average molecular weight is 218 g/mol. The second-order valence-corrected chi connectivity index (χ2v) is 3.62. The lowest BCUT2D eigenvalue weighted by Crippen LogP contribution is -1.71. The van der Waals surface area contributed by atoms with Crippen LogP contribution in [0.1, 0.15) is 13.8 Å². The van der Waals surface area contributed by atoms with Crippen molar-refractivity contribution in [1.82, 2.24) is 0 Å². The minimum atomic E-state index is 0.167. The van der Waals surface area contributed by atoms with Crippen molar-refractivity contribution in [3.8, 4) is 11.5 Å². The van der Waals surface area contributed by atoms with Gasteiger partial charge in [-0.25, -0.2) is 0 Å². The summed E-state index contributed by atoms with van der Waals surface area (Å²) in [6.07, 6.45) is 0. The number of hydrogen-bond donors (Lipinski definition) is 2. The van der Waals surface area contributed by atoms with E-state index in [1.165, 1.54) is 13.8 Å². The third-order valence-corrected chi connectivity index (χ3v) is 1.81. The standard InChI is InChI=1S/C10H8O2.C3H6O/c11-9-3-1-7-2-4-10(12)6-8(7)5-9;1-3(2)4/h1-6,11-12H;1-2H3. The van der Waals surface area contributed by atoms with Crippen molar-refractivity contribution in [1.29, 1.82) is 0 Å². The van der Waals surface area contributed by atoms with E-state index in [1.807, 2.05) is 12.1 Å². The summed E-state index contributed by atoms with van der Waals surface area (Å²) in [5.41, 5.74) is 0. The van der Waals surface area contributed by atoms with E-state index in [2.05, 4.69) is 0 Å². The van der Waals surface area contributed by atoms with Crippen LogP contribution in [0, 0.1) is 0 Å². The zero-order valence-corrected chi connectivity index (χ0v) is 9.27. The number of Topliss-reactive ketones (excluding diaryl/α,β-unsaturated/α-hetero) is 1. The van der Waals surface area contributed by atoms with Crippen LogP contribution in [0.5, 0.6) is 11.5 Å². The number of rotatable bonds is 0. The Hall–Kier alpha value is -2.03. The number of carbonyl (C=O) groups excluding carboxylic acids is 1. The maximum Gasteiger partial charge on any atom is 0.126 e. The van der Waals surface area contributed by atoms with Crippen LogP contribution in [-0.4, -0.2) is 16.0 Å². The molecule has 0 amide bonds. The lowest BCUT2D eigenvalue weighted by Gasteiger charge is -1.98. The fourth-order valence-electron chi connectivity index (χ4n) is 1.22. The topological polar surface area (TPSA) is 57.5 Å². The van der Waals surface area contributed by atoms with Crippen molar-refractivity contribution in [2.45, 2.75) is 13.8 Å². The number of ketones is 1. The summed E-state index contributed by atoms with van der Waals surface area (Å²) in [6, 6.07) is 10.1. The molecule has 0 saturated heterocycles. The third-order valence-electron chi connectivity index (χ3n) is 1.81. The maximum atomic E-state index is 9.44. The summed E-state index contributed by atoms with van der Waals surface area (Å²) in [5.74, 6) is 0.598. The smallest absolute Gasteiger partial charge is 0.126 e. The Morgan fingerprint density at radius 1 is 0.875 bits per heavy atom. The van der Waals surface area contributed by atoms with Gasteiger partial charge in [-0.05, 0) is 48.9 Å². The number of carbonyl (C=O) groups is 1. The summed E-state index contributed by atoms with van der Waals surface area (Å²) in [5, 5.41) is 20.1. The Labute approximate surface area is 94.0 Å². The Kier molecular flexibility index (Phi) is 3.89. The molecular formula is C13H14O3. The first-order valence-electron chi connectivity index (χ1n) is 4.88. The van der Waals surface area contributed by atoms with E-state index < -0.39 is 0 Å². The summed E-state index contributed by atoms with van der Waals surface area (Å²) in [6.45, 7) is 3.06. The molecular weight excluding hydrogens is 204 g/mol. The first-order chi connectivity index (χ1) is 7.49. The molecule has 0 fully saturated rings. The highest BCUT2D eigenvalue weighted by Gasteiger charge is 1.95. The van der Waals surface area contributed by atoms with E-state index in [0.717, 1.165) is 10.8 Å². The van der Waals surface area contributed by atoms with Gasteiger partial charge in [-0.1, -0.05) is 12.1 Å². The van der Waals surface area contributed by atoms with Gasteiger partial charge >= 0.3 is 0 Å². The number of phenols is 2. The molecule has 0 aromatic heterocycles. The van der Waals surface area contributed by atoms with Gasteiger partial charge in [0.05, 0.1) is 0 Å². The molecule has 0 spiro atoms. The van der Waals surface area contributed by atoms with E-state index in [-0.39, 0.29) is 17.3 Å². The van der Waals surface area contributed by atoms with E-state index in [1.54, 1.807) is 24.3 Å². The van der Waals surface area contributed by atoms with Gasteiger partial charge in [0.2, 0.25) is 0 Å². The van der Waals surface area contributed by atoms with Gasteiger partial charge in [0.1, 0.15) is 17.3 Å². The third kappa shape index (κ3) is 3.61. The largest absolute Gasteiger partial charge is 0.508 e. The fraction of sp³-hybridized carbons (Fsp3) is 0.154. The average Bonchev–Trinajstić information content (AvgIpc) is 2.15. The van der Waals surface area contributed by atoms with Crippen molar-refractivity contribution < 1.29 is 15.0 Å². The minimum absolute atomic E-state index is 0.167. The molecule has 84 valence electrons. The van der Waals surface area contributed by atoms with Crippen LogP contribution >= 0.6 is 0 Å². The van der Waals surface area contributed by atoms with Crippen molar-refractivity contribution in [3.63, 3.8) is 0 Å². The van der Waals surface area contributed by atoms with Gasteiger partial charge in [0, 0.05) is 0 Å². The lowest BCUT2D eigenvalue weighted by molar-refractivity contribution is -0.114. The monoisotopic (exact) mass is 218 g/mol. The molecule has 2 N–H and O–H groups in total. The SMILES string of the molecule is CC(C)=O.Oc1ccc2ccc(O)cc2c1.